The van der Waals surface area contributed by atoms with Crippen LogP contribution in [-0.2, 0) is 0 Å². The third-order valence-electron chi connectivity index (χ3n) is 9.78. The first-order valence-corrected chi connectivity index (χ1v) is 17.5. The molecule has 0 radical (unpaired) electrons. The SMILES string of the molecule is N#Cc1ccc2c3ccccc3n(-c3cc(-c4ccc(-c5nc6ccccc6s5)cc4)cc(-n4c5ccccc5c5ccc(C#N)cc54)c3)c2c1. The molecule has 51 heavy (non-hydrogen) atoms. The summed E-state index contributed by atoms with van der Waals surface area (Å²) in [6, 6.07) is 56.9. The second kappa shape index (κ2) is 11.3. The Balaban J connectivity index is 1.25. The molecule has 0 aliphatic heterocycles. The molecule has 0 unspecified atom stereocenters. The molecule has 3 aromatic heterocycles. The maximum absolute atomic E-state index is 9.90. The van der Waals surface area contributed by atoms with E-state index < -0.39 is 0 Å². The Labute approximate surface area is 296 Å². The van der Waals surface area contributed by atoms with Crippen molar-refractivity contribution < 1.29 is 0 Å². The molecule has 7 aromatic carbocycles. The lowest BCUT2D eigenvalue weighted by atomic mass is 10.0. The fraction of sp³-hybridized carbons (Fsp3) is 0. The van der Waals surface area contributed by atoms with E-state index in [2.05, 4.69) is 143 Å². The molecule has 0 spiro atoms. The minimum atomic E-state index is 0.611. The molecular formula is C45H25N5S. The van der Waals surface area contributed by atoms with Gasteiger partial charge in [-0.3, -0.25) is 0 Å². The van der Waals surface area contributed by atoms with Gasteiger partial charge in [0.25, 0.3) is 0 Å². The van der Waals surface area contributed by atoms with Gasteiger partial charge in [0.15, 0.2) is 0 Å². The molecule has 236 valence electrons. The number of hydrogen-bond acceptors (Lipinski definition) is 4. The predicted octanol–water partition coefficient (Wildman–Crippen LogP) is 11.6. The van der Waals surface area contributed by atoms with E-state index in [9.17, 15) is 10.5 Å². The molecule has 3 heterocycles. The summed E-state index contributed by atoms with van der Waals surface area (Å²) in [5.41, 5.74) is 11.4. The van der Waals surface area contributed by atoms with Crippen LogP contribution in [-0.4, -0.2) is 14.1 Å². The van der Waals surface area contributed by atoms with Gasteiger partial charge in [-0.1, -0.05) is 84.9 Å². The van der Waals surface area contributed by atoms with E-state index >= 15 is 0 Å². The van der Waals surface area contributed by atoms with Gasteiger partial charge in [0.1, 0.15) is 5.01 Å². The lowest BCUT2D eigenvalue weighted by molar-refractivity contribution is 1.13. The van der Waals surface area contributed by atoms with Gasteiger partial charge >= 0.3 is 0 Å². The minimum Gasteiger partial charge on any atom is -0.309 e. The molecule has 0 atom stereocenters. The van der Waals surface area contributed by atoms with Crippen LogP contribution in [0.5, 0.6) is 0 Å². The maximum atomic E-state index is 9.90. The zero-order chi connectivity index (χ0) is 34.1. The summed E-state index contributed by atoms with van der Waals surface area (Å²) < 4.78 is 5.70. The topological polar surface area (TPSA) is 70.3 Å². The number of aromatic nitrogens is 3. The molecule has 10 aromatic rings. The number of thiazole rings is 1. The van der Waals surface area contributed by atoms with Crippen LogP contribution in [0.2, 0.25) is 0 Å². The summed E-state index contributed by atoms with van der Waals surface area (Å²) in [7, 11) is 0. The number of nitriles is 2. The Morgan fingerprint density at radius 1 is 0.451 bits per heavy atom. The van der Waals surface area contributed by atoms with Crippen molar-refractivity contribution in [3.8, 4) is 45.2 Å². The van der Waals surface area contributed by atoms with E-state index in [1.54, 1.807) is 11.3 Å². The van der Waals surface area contributed by atoms with E-state index in [4.69, 9.17) is 4.98 Å². The van der Waals surface area contributed by atoms with Crippen molar-refractivity contribution in [2.75, 3.05) is 0 Å². The highest BCUT2D eigenvalue weighted by molar-refractivity contribution is 7.21. The highest BCUT2D eigenvalue weighted by Gasteiger charge is 2.18. The molecule has 0 saturated carbocycles. The maximum Gasteiger partial charge on any atom is 0.124 e. The standard InChI is InChI=1S/C45H25N5S/c46-26-28-13-19-37-35-7-1-4-10-40(35)49(42(37)21-28)33-23-32(30-15-17-31(18-16-30)45-48-39-9-3-6-12-44(39)51-45)24-34(25-33)50-41-11-5-2-8-36(41)38-20-14-29(27-47)22-43(38)50/h1-25H. The van der Waals surface area contributed by atoms with Crippen LogP contribution in [0, 0.1) is 22.7 Å². The van der Waals surface area contributed by atoms with Gasteiger partial charge in [-0.2, -0.15) is 10.5 Å². The fourth-order valence-electron chi connectivity index (χ4n) is 7.46. The highest BCUT2D eigenvalue weighted by Crippen LogP contribution is 2.39. The Bertz CT molecular complexity index is 2930. The van der Waals surface area contributed by atoms with E-state index in [1.807, 2.05) is 30.3 Å². The van der Waals surface area contributed by atoms with Crippen LogP contribution in [0.15, 0.2) is 152 Å². The number of hydrogen-bond donors (Lipinski definition) is 0. The van der Waals surface area contributed by atoms with E-state index in [-0.39, 0.29) is 0 Å². The van der Waals surface area contributed by atoms with Gasteiger partial charge < -0.3 is 9.13 Å². The normalized spacial score (nSPS) is 11.5. The molecule has 0 bridgehead atoms. The molecule has 0 N–H and O–H groups in total. The zero-order valence-electron chi connectivity index (χ0n) is 27.1. The summed E-state index contributed by atoms with van der Waals surface area (Å²) in [4.78, 5) is 4.89. The van der Waals surface area contributed by atoms with Crippen molar-refractivity contribution in [2.24, 2.45) is 0 Å². The van der Waals surface area contributed by atoms with Crippen LogP contribution < -0.4 is 0 Å². The van der Waals surface area contributed by atoms with E-state index in [0.29, 0.717) is 11.1 Å². The second-order valence-electron chi connectivity index (χ2n) is 12.7. The molecular weight excluding hydrogens is 643 g/mol. The van der Waals surface area contributed by atoms with Crippen LogP contribution in [0.3, 0.4) is 0 Å². The number of rotatable bonds is 4. The van der Waals surface area contributed by atoms with Crippen LogP contribution in [0.25, 0.3) is 86.9 Å². The number of benzene rings is 7. The van der Waals surface area contributed by atoms with Gasteiger partial charge in [0.05, 0.1) is 55.5 Å². The van der Waals surface area contributed by atoms with Gasteiger partial charge in [-0.25, -0.2) is 4.98 Å². The summed E-state index contributed by atoms with van der Waals surface area (Å²) in [5, 5.41) is 25.2. The van der Waals surface area contributed by atoms with Crippen LogP contribution in [0.4, 0.5) is 0 Å². The fourth-order valence-corrected chi connectivity index (χ4v) is 8.43. The Morgan fingerprint density at radius 2 is 0.961 bits per heavy atom. The van der Waals surface area contributed by atoms with Crippen LogP contribution in [0.1, 0.15) is 11.1 Å². The van der Waals surface area contributed by atoms with E-state index in [1.165, 1.54) is 4.70 Å². The molecule has 10 rings (SSSR count). The van der Waals surface area contributed by atoms with Crippen molar-refractivity contribution in [1.29, 1.82) is 10.5 Å². The largest absolute Gasteiger partial charge is 0.309 e. The van der Waals surface area contributed by atoms with Gasteiger partial charge in [0.2, 0.25) is 0 Å². The summed E-state index contributed by atoms with van der Waals surface area (Å²) in [5.74, 6) is 0. The molecule has 5 nitrogen and oxygen atoms in total. The smallest absolute Gasteiger partial charge is 0.124 e. The lowest BCUT2D eigenvalue weighted by Crippen LogP contribution is -2.00. The second-order valence-corrected chi connectivity index (χ2v) is 13.7. The number of para-hydroxylation sites is 3. The Morgan fingerprint density at radius 3 is 1.53 bits per heavy atom. The van der Waals surface area contributed by atoms with Gasteiger partial charge in [-0.05, 0) is 77.9 Å². The molecule has 0 aliphatic rings. The van der Waals surface area contributed by atoms with Gasteiger partial charge in [-0.15, -0.1) is 11.3 Å². The van der Waals surface area contributed by atoms with Crippen molar-refractivity contribution in [3.63, 3.8) is 0 Å². The molecule has 6 heteroatoms. The third-order valence-corrected chi connectivity index (χ3v) is 10.9. The Hall–Kier alpha value is -6.99. The first kappa shape index (κ1) is 29.0. The quantitative estimate of drug-likeness (QED) is 0.187. The lowest BCUT2D eigenvalue weighted by Gasteiger charge is -2.16. The summed E-state index contributed by atoms with van der Waals surface area (Å²) in [6.07, 6.45) is 0. The van der Waals surface area contributed by atoms with Gasteiger partial charge in [0, 0.05) is 38.5 Å². The summed E-state index contributed by atoms with van der Waals surface area (Å²) in [6.45, 7) is 0. The van der Waals surface area contributed by atoms with Crippen molar-refractivity contribution in [1.82, 2.24) is 14.1 Å². The van der Waals surface area contributed by atoms with Crippen LogP contribution >= 0.6 is 11.3 Å². The predicted molar refractivity (Wildman–Crippen MR) is 209 cm³/mol. The molecule has 0 aliphatic carbocycles. The summed E-state index contributed by atoms with van der Waals surface area (Å²) >= 11 is 1.70. The van der Waals surface area contributed by atoms with E-state index in [0.717, 1.165) is 82.2 Å². The first-order valence-electron chi connectivity index (χ1n) is 16.7. The average molecular weight is 668 g/mol. The Kier molecular flexibility index (Phi) is 6.41. The first-order chi connectivity index (χ1) is 25.2. The minimum absolute atomic E-state index is 0.611. The van der Waals surface area contributed by atoms with Crippen molar-refractivity contribution >= 4 is 65.2 Å². The average Bonchev–Trinajstić information content (AvgIpc) is 3.87. The van der Waals surface area contributed by atoms with Crippen molar-refractivity contribution in [2.45, 2.75) is 0 Å². The third kappa shape index (κ3) is 4.56. The zero-order valence-corrected chi connectivity index (χ0v) is 27.9. The molecule has 0 fully saturated rings. The number of nitrogens with zero attached hydrogens (tertiary/aromatic N) is 5. The molecule has 0 saturated heterocycles. The van der Waals surface area contributed by atoms with Crippen molar-refractivity contribution in [3.05, 3.63) is 163 Å². The highest BCUT2D eigenvalue weighted by atomic mass is 32.1. The molecule has 0 amide bonds. The number of fused-ring (bicyclic) bond motifs is 7. The monoisotopic (exact) mass is 667 g/mol.